The van der Waals surface area contributed by atoms with E-state index in [1.165, 1.54) is 31.2 Å². The molecular weight excluding hydrogens is 242 g/mol. The number of hydrogen-bond donors (Lipinski definition) is 1. The van der Waals surface area contributed by atoms with Gasteiger partial charge in [-0.15, -0.1) is 0 Å². The molecule has 20 heavy (non-hydrogen) atoms. The summed E-state index contributed by atoms with van der Waals surface area (Å²) in [5, 5.41) is 3.73. The first kappa shape index (κ1) is 15.1. The van der Waals surface area contributed by atoms with E-state index in [1.54, 1.807) is 5.57 Å². The van der Waals surface area contributed by atoms with E-state index in [4.69, 9.17) is 0 Å². The number of hydrogen-bond acceptors (Lipinski definition) is 1. The third-order valence-electron chi connectivity index (χ3n) is 4.04. The van der Waals surface area contributed by atoms with Gasteiger partial charge in [-0.25, -0.2) is 0 Å². The van der Waals surface area contributed by atoms with Gasteiger partial charge in [-0.2, -0.15) is 0 Å². The van der Waals surface area contributed by atoms with Crippen molar-refractivity contribution in [2.45, 2.75) is 45.6 Å². The van der Waals surface area contributed by atoms with Crippen LogP contribution in [0.15, 0.2) is 54.1 Å². The molecule has 0 heterocycles. The van der Waals surface area contributed by atoms with Crippen LogP contribution in [0, 0.1) is 5.92 Å². The van der Waals surface area contributed by atoms with Crippen LogP contribution in [0.5, 0.6) is 0 Å². The van der Waals surface area contributed by atoms with E-state index in [1.807, 2.05) is 0 Å². The van der Waals surface area contributed by atoms with Gasteiger partial charge in [0.05, 0.1) is 0 Å². The first-order valence-electron chi connectivity index (χ1n) is 7.94. The molecule has 0 aliphatic heterocycles. The maximum Gasteiger partial charge on any atom is 0.0280 e. The Morgan fingerprint density at radius 3 is 2.75 bits per heavy atom. The lowest BCUT2D eigenvalue weighted by atomic mass is 9.90. The second-order valence-corrected chi connectivity index (χ2v) is 5.81. The van der Waals surface area contributed by atoms with Crippen LogP contribution in [0.25, 0.3) is 0 Å². The van der Waals surface area contributed by atoms with Crippen molar-refractivity contribution in [3.05, 3.63) is 59.7 Å². The molecule has 0 bridgehead atoms. The minimum absolute atomic E-state index is 0.554. The van der Waals surface area contributed by atoms with Gasteiger partial charge >= 0.3 is 0 Å². The summed E-state index contributed by atoms with van der Waals surface area (Å²) in [6, 6.07) is 11.3. The molecule has 108 valence electrons. The van der Waals surface area contributed by atoms with Crippen LogP contribution in [0.4, 0.5) is 0 Å². The van der Waals surface area contributed by atoms with Crippen molar-refractivity contribution in [3.8, 4) is 0 Å². The van der Waals surface area contributed by atoms with Crippen molar-refractivity contribution in [2.75, 3.05) is 6.54 Å². The van der Waals surface area contributed by atoms with Crippen LogP contribution in [-0.2, 0) is 6.42 Å². The van der Waals surface area contributed by atoms with Gasteiger partial charge in [-0.1, -0.05) is 68.0 Å². The van der Waals surface area contributed by atoms with Crippen molar-refractivity contribution >= 4 is 0 Å². The zero-order valence-electron chi connectivity index (χ0n) is 12.8. The summed E-state index contributed by atoms with van der Waals surface area (Å²) in [5.74, 6) is 0.690. The second-order valence-electron chi connectivity index (χ2n) is 5.81. The molecule has 1 unspecified atom stereocenters. The van der Waals surface area contributed by atoms with Gasteiger partial charge in [0.15, 0.2) is 0 Å². The molecule has 1 aliphatic carbocycles. The van der Waals surface area contributed by atoms with Gasteiger partial charge in [0.2, 0.25) is 0 Å². The molecule has 0 amide bonds. The minimum atomic E-state index is 0.554. The Morgan fingerprint density at radius 2 is 2.05 bits per heavy atom. The fourth-order valence-corrected chi connectivity index (χ4v) is 2.89. The lowest BCUT2D eigenvalue weighted by molar-refractivity contribution is 0.512. The van der Waals surface area contributed by atoms with Gasteiger partial charge in [0.1, 0.15) is 0 Å². The fraction of sp³-hybridized carbons (Fsp3) is 0.474. The summed E-state index contributed by atoms with van der Waals surface area (Å²) < 4.78 is 0. The summed E-state index contributed by atoms with van der Waals surface area (Å²) in [7, 11) is 0. The van der Waals surface area contributed by atoms with Gasteiger partial charge in [0.25, 0.3) is 0 Å². The summed E-state index contributed by atoms with van der Waals surface area (Å²) in [6.07, 6.45) is 11.6. The van der Waals surface area contributed by atoms with Gasteiger partial charge in [-0.05, 0) is 43.7 Å². The Labute approximate surface area is 123 Å². The highest BCUT2D eigenvalue weighted by Gasteiger charge is 2.15. The third-order valence-corrected chi connectivity index (χ3v) is 4.04. The van der Waals surface area contributed by atoms with Gasteiger partial charge in [-0.3, -0.25) is 0 Å². The van der Waals surface area contributed by atoms with Crippen LogP contribution in [0.2, 0.25) is 0 Å². The normalized spacial score (nSPS) is 19.7. The standard InChI is InChI=1S/C19H27N/c1-3-19(18-13-7-9-16(2)15-18)20-14-8-12-17-10-5-4-6-11-17/h4-7,9-11,13,16,19-20H,3,8,12,14-15H2,1-2H3/t16?,19-/m1/s1. The number of nitrogens with one attached hydrogen (secondary N) is 1. The Kier molecular flexibility index (Phi) is 6.07. The zero-order chi connectivity index (χ0) is 14.2. The smallest absolute Gasteiger partial charge is 0.0280 e. The van der Waals surface area contributed by atoms with E-state index >= 15 is 0 Å². The molecule has 1 heteroatoms. The van der Waals surface area contributed by atoms with Crippen LogP contribution >= 0.6 is 0 Å². The topological polar surface area (TPSA) is 12.0 Å². The van der Waals surface area contributed by atoms with Crippen LogP contribution in [-0.4, -0.2) is 12.6 Å². The van der Waals surface area contributed by atoms with Crippen molar-refractivity contribution < 1.29 is 0 Å². The molecule has 1 aromatic rings. The first-order chi connectivity index (χ1) is 9.79. The summed E-state index contributed by atoms with van der Waals surface area (Å²) >= 11 is 0. The van der Waals surface area contributed by atoms with Crippen molar-refractivity contribution in [1.29, 1.82) is 0 Å². The lowest BCUT2D eigenvalue weighted by Crippen LogP contribution is -2.32. The molecule has 0 radical (unpaired) electrons. The largest absolute Gasteiger partial charge is 0.310 e. The lowest BCUT2D eigenvalue weighted by Gasteiger charge is -2.24. The highest BCUT2D eigenvalue weighted by atomic mass is 14.9. The molecule has 1 N–H and O–H groups in total. The molecule has 1 aliphatic rings. The SMILES string of the molecule is CC[C@@H](NCCCc1ccccc1)C1=CC=CC(C)C1. The predicted octanol–water partition coefficient (Wildman–Crippen LogP) is 4.51. The number of aryl methyl sites for hydroxylation is 1. The van der Waals surface area contributed by atoms with E-state index < -0.39 is 0 Å². The van der Waals surface area contributed by atoms with E-state index in [0.717, 1.165) is 6.54 Å². The molecule has 0 saturated heterocycles. The molecule has 1 nitrogen and oxygen atoms in total. The van der Waals surface area contributed by atoms with E-state index in [-0.39, 0.29) is 0 Å². The van der Waals surface area contributed by atoms with E-state index in [2.05, 4.69) is 67.7 Å². The Hall–Kier alpha value is -1.34. The first-order valence-corrected chi connectivity index (χ1v) is 7.94. The number of benzene rings is 1. The Bertz CT molecular complexity index is 444. The van der Waals surface area contributed by atoms with Crippen LogP contribution < -0.4 is 5.32 Å². The van der Waals surface area contributed by atoms with Gasteiger partial charge < -0.3 is 5.32 Å². The summed E-state index contributed by atoms with van der Waals surface area (Å²) in [4.78, 5) is 0. The predicted molar refractivity (Wildman–Crippen MR) is 87.8 cm³/mol. The van der Waals surface area contributed by atoms with E-state index in [9.17, 15) is 0 Å². The van der Waals surface area contributed by atoms with Crippen LogP contribution in [0.3, 0.4) is 0 Å². The maximum absolute atomic E-state index is 3.73. The molecule has 0 saturated carbocycles. The monoisotopic (exact) mass is 269 g/mol. The van der Waals surface area contributed by atoms with Crippen molar-refractivity contribution in [2.24, 2.45) is 5.92 Å². The molecule has 2 rings (SSSR count). The van der Waals surface area contributed by atoms with Gasteiger partial charge in [0, 0.05) is 6.04 Å². The second kappa shape index (κ2) is 8.06. The molecule has 0 aromatic heterocycles. The molecule has 0 fully saturated rings. The number of rotatable bonds is 7. The van der Waals surface area contributed by atoms with E-state index in [0.29, 0.717) is 12.0 Å². The molecular formula is C19H27N. The highest BCUT2D eigenvalue weighted by Crippen LogP contribution is 2.22. The van der Waals surface area contributed by atoms with Crippen molar-refractivity contribution in [3.63, 3.8) is 0 Å². The summed E-state index contributed by atoms with van der Waals surface area (Å²) in [5.41, 5.74) is 3.01. The van der Waals surface area contributed by atoms with Crippen LogP contribution in [0.1, 0.15) is 38.7 Å². The quantitative estimate of drug-likeness (QED) is 0.718. The van der Waals surface area contributed by atoms with Crippen molar-refractivity contribution in [1.82, 2.24) is 5.32 Å². The Balaban J connectivity index is 1.74. The molecule has 0 spiro atoms. The third kappa shape index (κ3) is 4.64. The Morgan fingerprint density at radius 1 is 1.25 bits per heavy atom. The highest BCUT2D eigenvalue weighted by molar-refractivity contribution is 5.23. The average Bonchev–Trinajstić information content (AvgIpc) is 2.48. The molecule has 2 atom stereocenters. The maximum atomic E-state index is 3.73. The average molecular weight is 269 g/mol. The summed E-state index contributed by atoms with van der Waals surface area (Å²) in [6.45, 7) is 5.67. The number of allylic oxidation sites excluding steroid dienone is 3. The fourth-order valence-electron chi connectivity index (χ4n) is 2.89. The minimum Gasteiger partial charge on any atom is -0.310 e. The molecule has 1 aromatic carbocycles. The zero-order valence-corrected chi connectivity index (χ0v) is 12.8.